The van der Waals surface area contributed by atoms with Gasteiger partial charge < -0.3 is 0 Å². The van der Waals surface area contributed by atoms with Gasteiger partial charge in [0.1, 0.15) is 16.7 Å². The summed E-state index contributed by atoms with van der Waals surface area (Å²) in [6, 6.07) is 5.06. The lowest BCUT2D eigenvalue weighted by Crippen LogP contribution is -1.91. The van der Waals surface area contributed by atoms with Crippen LogP contribution in [-0.2, 0) is 0 Å². The number of carbonyl (C=O) groups excluding carboxylic acids is 1. The highest BCUT2D eigenvalue weighted by Gasteiger charge is 2.09. The number of aryl methyl sites for hydroxylation is 1. The molecule has 1 aromatic heterocycles. The van der Waals surface area contributed by atoms with Crippen LogP contribution in [0.2, 0.25) is 0 Å². The van der Waals surface area contributed by atoms with E-state index in [4.69, 9.17) is 0 Å². The quantitative estimate of drug-likeness (QED) is 0.794. The third-order valence-electron chi connectivity index (χ3n) is 2.29. The molecule has 0 unspecified atom stereocenters. The van der Waals surface area contributed by atoms with Gasteiger partial charge in [0.15, 0.2) is 6.29 Å². The van der Waals surface area contributed by atoms with Crippen LogP contribution in [0.4, 0.5) is 8.78 Å². The van der Waals surface area contributed by atoms with Crippen LogP contribution in [0.25, 0.3) is 0 Å². The Morgan fingerprint density at radius 2 is 2.06 bits per heavy atom. The zero-order valence-corrected chi connectivity index (χ0v) is 10.3. The Hall–Kier alpha value is -1.75. The predicted octanol–water partition coefficient (Wildman–Crippen LogP) is 3.63. The number of hydrogen-bond donors (Lipinski definition) is 0. The molecule has 0 aliphatic rings. The van der Waals surface area contributed by atoms with Crippen LogP contribution in [0.5, 0.6) is 0 Å². The molecule has 1 heterocycles. The van der Waals surface area contributed by atoms with E-state index in [2.05, 4.69) is 4.98 Å². The normalized spacial score (nSPS) is 10.4. The molecule has 18 heavy (non-hydrogen) atoms. The van der Waals surface area contributed by atoms with E-state index in [1.54, 1.807) is 13.0 Å². The van der Waals surface area contributed by atoms with Crippen molar-refractivity contribution in [1.82, 2.24) is 4.98 Å². The third kappa shape index (κ3) is 2.73. The average molecular weight is 265 g/mol. The fourth-order valence-electron chi connectivity index (χ4n) is 1.42. The number of rotatable bonds is 3. The minimum atomic E-state index is -0.624. The van der Waals surface area contributed by atoms with Crippen molar-refractivity contribution >= 4 is 18.0 Å². The number of pyridine rings is 1. The molecular formula is C13H9F2NOS. The van der Waals surface area contributed by atoms with Gasteiger partial charge in [-0.15, -0.1) is 0 Å². The Bertz CT molecular complexity index is 602. The summed E-state index contributed by atoms with van der Waals surface area (Å²) in [5, 5.41) is 0.589. The van der Waals surface area contributed by atoms with Crippen molar-refractivity contribution < 1.29 is 13.6 Å². The second-order valence-corrected chi connectivity index (χ2v) is 4.72. The van der Waals surface area contributed by atoms with Gasteiger partial charge in [-0.2, -0.15) is 0 Å². The summed E-state index contributed by atoms with van der Waals surface area (Å²) in [5.74, 6) is -1.24. The van der Waals surface area contributed by atoms with Crippen molar-refractivity contribution in [2.75, 3.05) is 0 Å². The maximum atomic E-state index is 13.5. The first-order valence-electron chi connectivity index (χ1n) is 5.15. The summed E-state index contributed by atoms with van der Waals surface area (Å²) in [7, 11) is 0. The van der Waals surface area contributed by atoms with Crippen LogP contribution >= 0.6 is 11.8 Å². The Morgan fingerprint density at radius 1 is 1.28 bits per heavy atom. The molecule has 2 rings (SSSR count). The molecule has 0 spiro atoms. The van der Waals surface area contributed by atoms with Crippen molar-refractivity contribution in [2.24, 2.45) is 0 Å². The van der Waals surface area contributed by atoms with E-state index in [0.29, 0.717) is 21.8 Å². The van der Waals surface area contributed by atoms with Gasteiger partial charge in [-0.1, -0.05) is 11.8 Å². The second kappa shape index (κ2) is 5.27. The van der Waals surface area contributed by atoms with Crippen molar-refractivity contribution in [3.8, 4) is 0 Å². The molecule has 0 N–H and O–H groups in total. The van der Waals surface area contributed by atoms with Crippen LogP contribution in [0.15, 0.2) is 40.4 Å². The lowest BCUT2D eigenvalue weighted by atomic mass is 10.2. The van der Waals surface area contributed by atoms with Gasteiger partial charge in [-0.05, 0) is 30.7 Å². The molecule has 0 aliphatic heterocycles. The smallest absolute Gasteiger partial charge is 0.151 e. The van der Waals surface area contributed by atoms with E-state index in [9.17, 15) is 13.6 Å². The van der Waals surface area contributed by atoms with E-state index in [0.717, 1.165) is 23.4 Å². The highest BCUT2D eigenvalue weighted by molar-refractivity contribution is 7.99. The lowest BCUT2D eigenvalue weighted by molar-refractivity contribution is 0.112. The third-order valence-corrected chi connectivity index (χ3v) is 3.46. The molecule has 0 amide bonds. The molecular weight excluding hydrogens is 256 g/mol. The largest absolute Gasteiger partial charge is 0.298 e. The van der Waals surface area contributed by atoms with Gasteiger partial charge in [0.05, 0.1) is 0 Å². The summed E-state index contributed by atoms with van der Waals surface area (Å²) in [4.78, 5) is 14.9. The van der Waals surface area contributed by atoms with Crippen molar-refractivity contribution in [3.63, 3.8) is 0 Å². The fourth-order valence-corrected chi connectivity index (χ4v) is 2.24. The molecule has 0 bridgehead atoms. The molecule has 2 nitrogen and oxygen atoms in total. The highest BCUT2D eigenvalue weighted by Crippen LogP contribution is 2.30. The van der Waals surface area contributed by atoms with E-state index in [1.807, 2.05) is 0 Å². The van der Waals surface area contributed by atoms with E-state index < -0.39 is 11.6 Å². The molecule has 0 aliphatic carbocycles. The summed E-state index contributed by atoms with van der Waals surface area (Å²) in [5.41, 5.74) is 1.24. The van der Waals surface area contributed by atoms with Gasteiger partial charge >= 0.3 is 0 Å². The van der Waals surface area contributed by atoms with E-state index in [1.165, 1.54) is 18.3 Å². The maximum absolute atomic E-state index is 13.5. The molecule has 2 aromatic rings. The van der Waals surface area contributed by atoms with E-state index in [-0.39, 0.29) is 0 Å². The Morgan fingerprint density at radius 3 is 2.67 bits per heavy atom. The number of nitrogens with zero attached hydrogens (tertiary/aromatic N) is 1. The second-order valence-electron chi connectivity index (χ2n) is 3.69. The summed E-state index contributed by atoms with van der Waals surface area (Å²) in [6.45, 7) is 1.78. The van der Waals surface area contributed by atoms with Crippen molar-refractivity contribution in [3.05, 3.63) is 53.2 Å². The van der Waals surface area contributed by atoms with Crippen LogP contribution in [-0.4, -0.2) is 11.3 Å². The number of hydrogen-bond acceptors (Lipinski definition) is 3. The summed E-state index contributed by atoms with van der Waals surface area (Å²) < 4.78 is 26.2. The van der Waals surface area contributed by atoms with Crippen LogP contribution in [0, 0.1) is 18.6 Å². The summed E-state index contributed by atoms with van der Waals surface area (Å²) >= 11 is 1.10. The van der Waals surface area contributed by atoms with Gasteiger partial charge in [0, 0.05) is 22.7 Å². The lowest BCUT2D eigenvalue weighted by Gasteiger charge is -2.06. The predicted molar refractivity (Wildman–Crippen MR) is 64.8 cm³/mol. The maximum Gasteiger partial charge on any atom is 0.151 e. The minimum Gasteiger partial charge on any atom is -0.298 e. The molecule has 0 saturated heterocycles. The average Bonchev–Trinajstić information content (AvgIpc) is 2.34. The Kier molecular flexibility index (Phi) is 3.72. The van der Waals surface area contributed by atoms with Gasteiger partial charge in [0.2, 0.25) is 0 Å². The van der Waals surface area contributed by atoms with Crippen LogP contribution < -0.4 is 0 Å². The molecule has 1 aromatic carbocycles. The number of benzene rings is 1. The first kappa shape index (κ1) is 12.7. The zero-order chi connectivity index (χ0) is 13.1. The number of aldehydes is 1. The number of halogens is 2. The van der Waals surface area contributed by atoms with Gasteiger partial charge in [-0.3, -0.25) is 4.79 Å². The fraction of sp³-hybridized carbons (Fsp3) is 0.0769. The zero-order valence-electron chi connectivity index (χ0n) is 9.48. The topological polar surface area (TPSA) is 30.0 Å². The van der Waals surface area contributed by atoms with Crippen molar-refractivity contribution in [1.29, 1.82) is 0 Å². The summed E-state index contributed by atoms with van der Waals surface area (Å²) in [6.07, 6.45) is 2.12. The standard InChI is InChI=1S/C13H9F2NOS/c1-8-4-9(7-17)6-16-13(8)18-12-3-2-10(14)5-11(12)15/h2-7H,1H3. The first-order valence-corrected chi connectivity index (χ1v) is 5.96. The van der Waals surface area contributed by atoms with Crippen LogP contribution in [0.3, 0.4) is 0 Å². The highest BCUT2D eigenvalue weighted by atomic mass is 32.2. The Labute approximate surface area is 107 Å². The molecule has 0 fully saturated rings. The molecule has 0 saturated carbocycles. The SMILES string of the molecule is Cc1cc(C=O)cnc1Sc1ccc(F)cc1F. The number of carbonyl (C=O) groups is 1. The monoisotopic (exact) mass is 265 g/mol. The molecule has 0 radical (unpaired) electrons. The Balaban J connectivity index is 2.31. The molecule has 92 valence electrons. The number of aromatic nitrogens is 1. The van der Waals surface area contributed by atoms with E-state index >= 15 is 0 Å². The minimum absolute atomic E-state index is 0.297. The van der Waals surface area contributed by atoms with Crippen molar-refractivity contribution in [2.45, 2.75) is 16.8 Å². The van der Waals surface area contributed by atoms with Crippen LogP contribution in [0.1, 0.15) is 15.9 Å². The van der Waals surface area contributed by atoms with Gasteiger partial charge in [0.25, 0.3) is 0 Å². The molecule has 0 atom stereocenters. The first-order chi connectivity index (χ1) is 8.60. The molecule has 5 heteroatoms. The van der Waals surface area contributed by atoms with Gasteiger partial charge in [-0.25, -0.2) is 13.8 Å².